The molecule has 0 amide bonds. The lowest BCUT2D eigenvalue weighted by Gasteiger charge is -2.02. The van der Waals surface area contributed by atoms with Crippen LogP contribution in [0.1, 0.15) is 49.8 Å². The van der Waals surface area contributed by atoms with Gasteiger partial charge in [-0.15, -0.1) is 0 Å². The van der Waals surface area contributed by atoms with E-state index in [-0.39, 0.29) is 0 Å². The van der Waals surface area contributed by atoms with Gasteiger partial charge in [0.05, 0.1) is 5.69 Å². The molecule has 0 aliphatic rings. The van der Waals surface area contributed by atoms with Gasteiger partial charge in [0.2, 0.25) is 0 Å². The minimum Gasteiger partial charge on any atom is -0.477 e. The maximum absolute atomic E-state index is 11.0. The highest BCUT2D eigenvalue weighted by atomic mass is 16.4. The summed E-state index contributed by atoms with van der Waals surface area (Å²) in [5, 5.41) is 13.4. The minimum atomic E-state index is -0.890. The first-order valence-electron chi connectivity index (χ1n) is 5.84. The standard InChI is InChI=1S/C12H20N2O2/c1-4-5-6-14-11(12(15)16)8-10(13-14)7-9(2)3/h8-9H,4-7H2,1-3H3,(H,15,16). The van der Waals surface area contributed by atoms with Crippen LogP contribution in [0.2, 0.25) is 0 Å². The second kappa shape index (κ2) is 5.68. The second-order valence-corrected chi connectivity index (χ2v) is 4.50. The Kier molecular flexibility index (Phi) is 4.52. The molecule has 1 N–H and O–H groups in total. The van der Waals surface area contributed by atoms with Crippen molar-refractivity contribution >= 4 is 5.97 Å². The largest absolute Gasteiger partial charge is 0.477 e. The summed E-state index contributed by atoms with van der Waals surface area (Å²) in [6.45, 7) is 6.98. The zero-order valence-electron chi connectivity index (χ0n) is 10.2. The number of carboxylic acid groups (broad SMARTS) is 1. The van der Waals surface area contributed by atoms with Gasteiger partial charge in [0.1, 0.15) is 5.69 Å². The van der Waals surface area contributed by atoms with Crippen LogP contribution in [0.3, 0.4) is 0 Å². The van der Waals surface area contributed by atoms with E-state index >= 15 is 0 Å². The quantitative estimate of drug-likeness (QED) is 0.808. The summed E-state index contributed by atoms with van der Waals surface area (Å²) in [4.78, 5) is 11.0. The van der Waals surface area contributed by atoms with Crippen molar-refractivity contribution < 1.29 is 9.90 Å². The summed E-state index contributed by atoms with van der Waals surface area (Å²) in [6.07, 6.45) is 2.83. The van der Waals surface area contributed by atoms with Gasteiger partial charge in [-0.25, -0.2) is 4.79 Å². The van der Waals surface area contributed by atoms with E-state index in [2.05, 4.69) is 25.9 Å². The molecule has 4 heteroatoms. The number of unbranched alkanes of at least 4 members (excludes halogenated alkanes) is 1. The molecule has 0 saturated carbocycles. The van der Waals surface area contributed by atoms with E-state index < -0.39 is 5.97 Å². The van der Waals surface area contributed by atoms with E-state index in [1.54, 1.807) is 10.7 Å². The van der Waals surface area contributed by atoms with Gasteiger partial charge in [0.15, 0.2) is 0 Å². The maximum Gasteiger partial charge on any atom is 0.354 e. The molecule has 0 aliphatic carbocycles. The van der Waals surface area contributed by atoms with Crippen molar-refractivity contribution in [2.45, 2.75) is 46.6 Å². The van der Waals surface area contributed by atoms with Crippen molar-refractivity contribution in [1.29, 1.82) is 0 Å². The van der Waals surface area contributed by atoms with E-state index in [1.807, 2.05) is 0 Å². The molecule has 0 unspecified atom stereocenters. The van der Waals surface area contributed by atoms with Gasteiger partial charge in [-0.1, -0.05) is 27.2 Å². The highest BCUT2D eigenvalue weighted by Gasteiger charge is 2.14. The molecular formula is C12H20N2O2. The number of aromatic nitrogens is 2. The first kappa shape index (κ1) is 12.7. The lowest BCUT2D eigenvalue weighted by molar-refractivity contribution is 0.0683. The Morgan fingerprint density at radius 3 is 2.75 bits per heavy atom. The number of hydrogen-bond donors (Lipinski definition) is 1. The highest BCUT2D eigenvalue weighted by molar-refractivity contribution is 5.85. The van der Waals surface area contributed by atoms with Gasteiger partial charge in [0, 0.05) is 6.54 Å². The lowest BCUT2D eigenvalue weighted by Crippen LogP contribution is -2.10. The van der Waals surface area contributed by atoms with Gasteiger partial charge in [0.25, 0.3) is 0 Å². The average Bonchev–Trinajstić information content (AvgIpc) is 2.57. The molecule has 0 saturated heterocycles. The monoisotopic (exact) mass is 224 g/mol. The van der Waals surface area contributed by atoms with Crippen LogP contribution in [0.15, 0.2) is 6.07 Å². The highest BCUT2D eigenvalue weighted by Crippen LogP contribution is 2.11. The Balaban J connectivity index is 2.86. The van der Waals surface area contributed by atoms with Crippen molar-refractivity contribution in [2.75, 3.05) is 0 Å². The molecule has 1 heterocycles. The normalized spacial score (nSPS) is 11.0. The van der Waals surface area contributed by atoms with Gasteiger partial charge in [-0.2, -0.15) is 5.10 Å². The molecule has 1 aromatic rings. The molecule has 0 spiro atoms. The van der Waals surface area contributed by atoms with Crippen molar-refractivity contribution in [2.24, 2.45) is 5.92 Å². The molecule has 1 rings (SSSR count). The molecule has 0 aromatic carbocycles. The summed E-state index contributed by atoms with van der Waals surface area (Å²) in [5.41, 5.74) is 1.19. The van der Waals surface area contributed by atoms with Gasteiger partial charge in [-0.05, 0) is 24.8 Å². The third kappa shape index (κ3) is 3.36. The fraction of sp³-hybridized carbons (Fsp3) is 0.667. The number of rotatable bonds is 6. The summed E-state index contributed by atoms with van der Waals surface area (Å²) < 4.78 is 1.61. The van der Waals surface area contributed by atoms with Crippen LogP contribution in [-0.2, 0) is 13.0 Å². The Morgan fingerprint density at radius 1 is 1.56 bits per heavy atom. The van der Waals surface area contributed by atoms with Crippen LogP contribution < -0.4 is 0 Å². The third-order valence-electron chi connectivity index (χ3n) is 2.39. The zero-order valence-corrected chi connectivity index (χ0v) is 10.2. The number of hydrogen-bond acceptors (Lipinski definition) is 2. The zero-order chi connectivity index (χ0) is 12.1. The Hall–Kier alpha value is -1.32. The molecule has 0 fully saturated rings. The van der Waals surface area contributed by atoms with Crippen LogP contribution in [0.25, 0.3) is 0 Å². The van der Waals surface area contributed by atoms with Crippen LogP contribution in [0.4, 0.5) is 0 Å². The van der Waals surface area contributed by atoms with Crippen LogP contribution >= 0.6 is 0 Å². The predicted octanol–water partition coefficient (Wildman–Crippen LogP) is 2.58. The van der Waals surface area contributed by atoms with E-state index in [0.717, 1.165) is 25.0 Å². The molecule has 0 bridgehead atoms. The first-order valence-corrected chi connectivity index (χ1v) is 5.84. The molecular weight excluding hydrogens is 204 g/mol. The number of aromatic carboxylic acids is 1. The van der Waals surface area contributed by atoms with E-state index in [4.69, 9.17) is 5.11 Å². The van der Waals surface area contributed by atoms with Crippen molar-refractivity contribution in [1.82, 2.24) is 9.78 Å². The number of nitrogens with zero attached hydrogens (tertiary/aromatic N) is 2. The minimum absolute atomic E-state index is 0.309. The molecule has 0 aliphatic heterocycles. The topological polar surface area (TPSA) is 55.1 Å². The molecule has 0 atom stereocenters. The van der Waals surface area contributed by atoms with Gasteiger partial charge >= 0.3 is 5.97 Å². The molecule has 0 radical (unpaired) electrons. The van der Waals surface area contributed by atoms with Gasteiger partial charge < -0.3 is 5.11 Å². The fourth-order valence-electron chi connectivity index (χ4n) is 1.64. The van der Waals surface area contributed by atoms with Crippen LogP contribution in [0, 0.1) is 5.92 Å². The number of aryl methyl sites for hydroxylation is 1. The van der Waals surface area contributed by atoms with E-state index in [9.17, 15) is 4.79 Å². The Bertz CT molecular complexity index is 356. The molecule has 4 nitrogen and oxygen atoms in total. The second-order valence-electron chi connectivity index (χ2n) is 4.50. The lowest BCUT2D eigenvalue weighted by atomic mass is 10.1. The van der Waals surface area contributed by atoms with E-state index in [0.29, 0.717) is 18.2 Å². The smallest absolute Gasteiger partial charge is 0.354 e. The molecule has 1 aromatic heterocycles. The summed E-state index contributed by atoms with van der Waals surface area (Å²) >= 11 is 0. The fourth-order valence-corrected chi connectivity index (χ4v) is 1.64. The average molecular weight is 224 g/mol. The molecule has 90 valence electrons. The van der Waals surface area contributed by atoms with Crippen molar-refractivity contribution in [3.05, 3.63) is 17.5 Å². The van der Waals surface area contributed by atoms with Crippen molar-refractivity contribution in [3.8, 4) is 0 Å². The van der Waals surface area contributed by atoms with Gasteiger partial charge in [-0.3, -0.25) is 4.68 Å². The van der Waals surface area contributed by atoms with Crippen LogP contribution in [0.5, 0.6) is 0 Å². The predicted molar refractivity (Wildman–Crippen MR) is 62.6 cm³/mol. The number of carboxylic acids is 1. The molecule has 16 heavy (non-hydrogen) atoms. The SMILES string of the molecule is CCCCn1nc(CC(C)C)cc1C(=O)O. The summed E-state index contributed by atoms with van der Waals surface area (Å²) in [5.74, 6) is -0.394. The van der Waals surface area contributed by atoms with E-state index in [1.165, 1.54) is 0 Å². The first-order chi connectivity index (χ1) is 7.54. The maximum atomic E-state index is 11.0. The van der Waals surface area contributed by atoms with Crippen LogP contribution in [-0.4, -0.2) is 20.9 Å². The Labute approximate surface area is 96.3 Å². The number of carbonyl (C=O) groups is 1. The Morgan fingerprint density at radius 2 is 2.25 bits per heavy atom. The summed E-state index contributed by atoms with van der Waals surface area (Å²) in [6, 6.07) is 1.69. The summed E-state index contributed by atoms with van der Waals surface area (Å²) in [7, 11) is 0. The van der Waals surface area contributed by atoms with Crippen molar-refractivity contribution in [3.63, 3.8) is 0 Å². The third-order valence-corrected chi connectivity index (χ3v) is 2.39.